The van der Waals surface area contributed by atoms with Gasteiger partial charge in [0.25, 0.3) is 15.9 Å². The number of sulfonamides is 1. The van der Waals surface area contributed by atoms with Gasteiger partial charge in [0.15, 0.2) is 0 Å². The van der Waals surface area contributed by atoms with Gasteiger partial charge in [0.1, 0.15) is 11.8 Å². The molecular weight excluding hydrogens is 549 g/mol. The fourth-order valence-corrected chi connectivity index (χ4v) is 5.50. The maximum atomic E-state index is 13.2. The van der Waals surface area contributed by atoms with Crippen molar-refractivity contribution < 1.29 is 22.7 Å². The smallest absolute Gasteiger partial charge is 0.262 e. The third kappa shape index (κ3) is 7.63. The van der Waals surface area contributed by atoms with Gasteiger partial charge in [-0.2, -0.15) is 0 Å². The Morgan fingerprint density at radius 3 is 2.21 bits per heavy atom. The summed E-state index contributed by atoms with van der Waals surface area (Å²) in [6, 6.07) is 14.6. The molecule has 3 aromatic rings. The molecule has 38 heavy (non-hydrogen) atoms. The summed E-state index contributed by atoms with van der Waals surface area (Å²) in [6.45, 7) is 5.50. The molecule has 0 unspecified atom stereocenters. The van der Waals surface area contributed by atoms with Crippen molar-refractivity contribution in [1.82, 2.24) is 5.32 Å². The monoisotopic (exact) mass is 577 g/mol. The molecule has 0 aliphatic heterocycles. The number of carbonyl (C=O) groups is 2. The van der Waals surface area contributed by atoms with Crippen LogP contribution in [0.2, 0.25) is 10.0 Å². The van der Waals surface area contributed by atoms with Crippen molar-refractivity contribution in [3.05, 3.63) is 81.8 Å². The first-order valence-corrected chi connectivity index (χ1v) is 14.0. The van der Waals surface area contributed by atoms with E-state index < -0.39 is 27.9 Å². The molecule has 0 fully saturated rings. The Morgan fingerprint density at radius 1 is 0.947 bits per heavy atom. The third-order valence-electron chi connectivity index (χ3n) is 5.59. The molecular formula is C27H29Cl2N3O5S. The average molecular weight is 579 g/mol. The van der Waals surface area contributed by atoms with Crippen molar-refractivity contribution in [2.24, 2.45) is 5.92 Å². The van der Waals surface area contributed by atoms with Gasteiger partial charge >= 0.3 is 0 Å². The molecule has 2 amide bonds. The second-order valence-electron chi connectivity index (χ2n) is 9.08. The number of nitrogens with one attached hydrogen (secondary N) is 3. The van der Waals surface area contributed by atoms with Crippen molar-refractivity contribution >= 4 is 56.4 Å². The van der Waals surface area contributed by atoms with Gasteiger partial charge < -0.3 is 15.4 Å². The predicted octanol–water partition coefficient (Wildman–Crippen LogP) is 5.89. The fourth-order valence-electron chi connectivity index (χ4n) is 3.68. The van der Waals surface area contributed by atoms with E-state index in [2.05, 4.69) is 15.4 Å². The largest absolute Gasteiger partial charge is 0.497 e. The summed E-state index contributed by atoms with van der Waals surface area (Å²) in [5, 5.41) is 6.00. The summed E-state index contributed by atoms with van der Waals surface area (Å²) in [7, 11) is -2.44. The fraction of sp³-hybridized carbons (Fsp3) is 0.259. The van der Waals surface area contributed by atoms with Gasteiger partial charge in [-0.3, -0.25) is 14.3 Å². The van der Waals surface area contributed by atoms with Crippen LogP contribution in [0, 0.1) is 12.8 Å². The number of amides is 2. The molecule has 3 aromatic carbocycles. The molecule has 0 aliphatic carbocycles. The van der Waals surface area contributed by atoms with E-state index in [0.29, 0.717) is 28.4 Å². The summed E-state index contributed by atoms with van der Waals surface area (Å²) in [4.78, 5) is 26.1. The van der Waals surface area contributed by atoms with Gasteiger partial charge in [-0.25, -0.2) is 8.42 Å². The number of methoxy groups -OCH3 is 1. The van der Waals surface area contributed by atoms with Crippen molar-refractivity contribution in [3.8, 4) is 5.75 Å². The Labute approximate surface area is 232 Å². The van der Waals surface area contributed by atoms with E-state index in [-0.39, 0.29) is 27.1 Å². The Morgan fingerprint density at radius 2 is 1.61 bits per heavy atom. The molecule has 8 nitrogen and oxygen atoms in total. The van der Waals surface area contributed by atoms with Gasteiger partial charge in [0.05, 0.1) is 22.6 Å². The molecule has 0 saturated carbocycles. The van der Waals surface area contributed by atoms with Crippen LogP contribution in [0.5, 0.6) is 5.75 Å². The molecule has 0 bridgehead atoms. The molecule has 3 rings (SSSR count). The van der Waals surface area contributed by atoms with Gasteiger partial charge in [0, 0.05) is 16.4 Å². The molecule has 0 heterocycles. The Kier molecular flexibility index (Phi) is 9.65. The topological polar surface area (TPSA) is 114 Å². The highest BCUT2D eigenvalue weighted by atomic mass is 35.5. The highest BCUT2D eigenvalue weighted by Crippen LogP contribution is 2.25. The first-order valence-electron chi connectivity index (χ1n) is 11.7. The van der Waals surface area contributed by atoms with Crippen LogP contribution in [0.4, 0.5) is 11.4 Å². The number of halogens is 2. The first kappa shape index (κ1) is 29.3. The van der Waals surface area contributed by atoms with E-state index in [1.807, 2.05) is 13.8 Å². The predicted molar refractivity (Wildman–Crippen MR) is 151 cm³/mol. The lowest BCUT2D eigenvalue weighted by Crippen LogP contribution is -2.44. The Balaban J connectivity index is 1.80. The molecule has 202 valence electrons. The van der Waals surface area contributed by atoms with E-state index in [1.165, 1.54) is 31.4 Å². The lowest BCUT2D eigenvalue weighted by Gasteiger charge is -2.21. The minimum atomic E-state index is -3.96. The van der Waals surface area contributed by atoms with Crippen molar-refractivity contribution in [1.29, 1.82) is 0 Å². The lowest BCUT2D eigenvalue weighted by atomic mass is 10.0. The number of anilines is 2. The van der Waals surface area contributed by atoms with E-state index in [1.54, 1.807) is 43.3 Å². The van der Waals surface area contributed by atoms with Gasteiger partial charge in [-0.1, -0.05) is 43.1 Å². The van der Waals surface area contributed by atoms with Crippen molar-refractivity contribution in [3.63, 3.8) is 0 Å². The molecule has 3 N–H and O–H groups in total. The standard InChI is InChI=1S/C27H29Cl2N3O5S/c1-16(2)13-24(31-26(33)22-12-6-18(28)14-23(22)29)27(34)30-20-7-5-17(3)25(15-20)38(35,36)32-19-8-10-21(37-4)11-9-19/h5-12,14-16,24,32H,13H2,1-4H3,(H,30,34)(H,31,33)/t24-/m0/s1. The molecule has 0 saturated heterocycles. The van der Waals surface area contributed by atoms with Gasteiger partial charge in [-0.15, -0.1) is 0 Å². The number of carbonyl (C=O) groups excluding carboxylic acids is 2. The number of benzene rings is 3. The minimum Gasteiger partial charge on any atom is -0.497 e. The molecule has 0 aromatic heterocycles. The lowest BCUT2D eigenvalue weighted by molar-refractivity contribution is -0.118. The van der Waals surface area contributed by atoms with Gasteiger partial charge in [0.2, 0.25) is 5.91 Å². The minimum absolute atomic E-state index is 0.00325. The number of hydrogen-bond donors (Lipinski definition) is 3. The molecule has 11 heteroatoms. The van der Waals surface area contributed by atoms with Crippen LogP contribution in [0.3, 0.4) is 0 Å². The summed E-state index contributed by atoms with van der Waals surface area (Å²) < 4.78 is 33.9. The van der Waals surface area contributed by atoms with E-state index in [4.69, 9.17) is 27.9 Å². The Bertz CT molecular complexity index is 1430. The maximum Gasteiger partial charge on any atom is 0.262 e. The zero-order chi connectivity index (χ0) is 28.0. The van der Waals surface area contributed by atoms with Crippen LogP contribution in [-0.4, -0.2) is 33.4 Å². The van der Waals surface area contributed by atoms with E-state index in [9.17, 15) is 18.0 Å². The second kappa shape index (κ2) is 12.5. The van der Waals surface area contributed by atoms with Crippen molar-refractivity contribution in [2.75, 3.05) is 17.1 Å². The van der Waals surface area contributed by atoms with Crippen LogP contribution in [-0.2, 0) is 14.8 Å². The first-order chi connectivity index (χ1) is 17.9. The number of ether oxygens (including phenoxy) is 1. The van der Waals surface area contributed by atoms with Crippen LogP contribution < -0.4 is 20.1 Å². The summed E-state index contributed by atoms with van der Waals surface area (Å²) in [5.74, 6) is -0.347. The summed E-state index contributed by atoms with van der Waals surface area (Å²) in [6.07, 6.45) is 0.346. The quantitative estimate of drug-likeness (QED) is 0.278. The second-order valence-corrected chi connectivity index (χ2v) is 11.6. The molecule has 0 radical (unpaired) electrons. The zero-order valence-electron chi connectivity index (χ0n) is 21.3. The normalized spacial score (nSPS) is 12.1. The summed E-state index contributed by atoms with van der Waals surface area (Å²) in [5.41, 5.74) is 1.31. The number of hydrogen-bond acceptors (Lipinski definition) is 5. The summed E-state index contributed by atoms with van der Waals surface area (Å²) >= 11 is 12.1. The van der Waals surface area contributed by atoms with Crippen molar-refractivity contribution in [2.45, 2.75) is 38.1 Å². The highest BCUT2D eigenvalue weighted by Gasteiger charge is 2.25. The van der Waals surface area contributed by atoms with Crippen LogP contribution in [0.25, 0.3) is 0 Å². The van der Waals surface area contributed by atoms with Gasteiger partial charge in [-0.05, 0) is 79.4 Å². The maximum absolute atomic E-state index is 13.2. The van der Waals surface area contributed by atoms with Crippen LogP contribution >= 0.6 is 23.2 Å². The Hall–Kier alpha value is -3.27. The third-order valence-corrected chi connectivity index (χ3v) is 7.66. The number of rotatable bonds is 10. The SMILES string of the molecule is COc1ccc(NS(=O)(=O)c2cc(NC(=O)[C@H](CC(C)C)NC(=O)c3ccc(Cl)cc3Cl)ccc2C)cc1. The number of aryl methyl sites for hydroxylation is 1. The molecule has 0 spiro atoms. The molecule has 1 atom stereocenters. The molecule has 0 aliphatic rings. The zero-order valence-corrected chi connectivity index (χ0v) is 23.7. The van der Waals surface area contributed by atoms with Crippen LogP contribution in [0.1, 0.15) is 36.2 Å². The highest BCUT2D eigenvalue weighted by molar-refractivity contribution is 7.92. The van der Waals surface area contributed by atoms with Crippen LogP contribution in [0.15, 0.2) is 65.6 Å². The van der Waals surface area contributed by atoms with E-state index >= 15 is 0 Å². The average Bonchev–Trinajstić information content (AvgIpc) is 2.84. The van der Waals surface area contributed by atoms with E-state index in [0.717, 1.165) is 0 Å².